The van der Waals surface area contributed by atoms with Crippen LogP contribution in [0, 0.1) is 23.2 Å². The molecule has 6 N–H and O–H groups in total. The van der Waals surface area contributed by atoms with Crippen LogP contribution in [-0.2, 0) is 4.79 Å². The van der Waals surface area contributed by atoms with Crippen LogP contribution in [0.5, 0.6) is 0 Å². The zero-order chi connectivity index (χ0) is 23.1. The summed E-state index contributed by atoms with van der Waals surface area (Å²) in [6.45, 7) is 10.8. The molecule has 2 fully saturated rings. The van der Waals surface area contributed by atoms with Crippen LogP contribution in [-0.4, -0.2) is 80.6 Å². The molecular weight excluding hydrogens is 404 g/mol. The number of hydrogen-bond donors (Lipinski definition) is 5. The number of carbonyl (C=O) groups excluding carboxylic acids is 1. The molecule has 0 aromatic heterocycles. The van der Waals surface area contributed by atoms with E-state index in [9.17, 15) is 10.1 Å². The van der Waals surface area contributed by atoms with Gasteiger partial charge in [0.2, 0.25) is 5.91 Å². The Morgan fingerprint density at radius 3 is 2.75 bits per heavy atom. The van der Waals surface area contributed by atoms with Crippen LogP contribution in [0.4, 0.5) is 0 Å². The first-order valence-electron chi connectivity index (χ1n) is 11.7. The van der Waals surface area contributed by atoms with Gasteiger partial charge in [-0.15, -0.1) is 0 Å². The molecule has 32 heavy (non-hydrogen) atoms. The minimum Gasteiger partial charge on any atom is -0.373 e. The number of carbonyl (C=O) groups is 1. The number of piperidine rings is 1. The van der Waals surface area contributed by atoms with Gasteiger partial charge in [0, 0.05) is 57.2 Å². The fraction of sp³-hybridized carbons (Fsp3) is 0.696. The number of nitrogens with one attached hydrogen (secondary N) is 4. The molecule has 3 aliphatic rings. The van der Waals surface area contributed by atoms with E-state index in [2.05, 4.69) is 44.2 Å². The average molecular weight is 443 g/mol. The Kier molecular flexibility index (Phi) is 8.82. The van der Waals surface area contributed by atoms with Crippen LogP contribution in [0.1, 0.15) is 27.2 Å². The maximum absolute atomic E-state index is 13.6. The molecule has 0 aromatic carbocycles. The summed E-state index contributed by atoms with van der Waals surface area (Å²) in [5, 5.41) is 23.0. The molecular formula is C23H38N8O. The topological polar surface area (TPSA) is 131 Å². The summed E-state index contributed by atoms with van der Waals surface area (Å²) >= 11 is 0. The fourth-order valence-electron chi connectivity index (χ4n) is 4.80. The molecule has 2 saturated heterocycles. The lowest BCUT2D eigenvalue weighted by molar-refractivity contribution is -0.128. The molecule has 6 atom stereocenters. The van der Waals surface area contributed by atoms with Gasteiger partial charge < -0.3 is 27.0 Å². The molecule has 0 bridgehead atoms. The summed E-state index contributed by atoms with van der Waals surface area (Å²) in [5.41, 5.74) is 8.51. The van der Waals surface area contributed by atoms with Crippen LogP contribution in [0.3, 0.4) is 0 Å². The Labute approximate surface area is 191 Å². The van der Waals surface area contributed by atoms with E-state index < -0.39 is 12.1 Å². The van der Waals surface area contributed by atoms with Gasteiger partial charge in [0.25, 0.3) is 0 Å². The van der Waals surface area contributed by atoms with Crippen molar-refractivity contribution in [1.29, 1.82) is 5.26 Å². The summed E-state index contributed by atoms with van der Waals surface area (Å²) in [4.78, 5) is 20.5. The van der Waals surface area contributed by atoms with Crippen molar-refractivity contribution >= 4 is 12.1 Å². The van der Waals surface area contributed by atoms with Gasteiger partial charge in [-0.2, -0.15) is 5.26 Å². The van der Waals surface area contributed by atoms with E-state index in [0.29, 0.717) is 13.1 Å². The minimum atomic E-state index is -0.568. The van der Waals surface area contributed by atoms with Gasteiger partial charge in [-0.05, 0) is 31.9 Å². The summed E-state index contributed by atoms with van der Waals surface area (Å²) < 4.78 is 0. The Hall–Kier alpha value is -2.25. The average Bonchev–Trinajstić information content (AvgIpc) is 2.80. The third-order valence-corrected chi connectivity index (χ3v) is 6.62. The number of aliphatic imine (C=N–C) groups is 1. The van der Waals surface area contributed by atoms with E-state index in [1.165, 1.54) is 0 Å². The molecule has 3 heterocycles. The Bertz CT molecular complexity index is 779. The zero-order valence-corrected chi connectivity index (χ0v) is 19.5. The van der Waals surface area contributed by atoms with Gasteiger partial charge >= 0.3 is 0 Å². The second kappa shape index (κ2) is 11.6. The smallest absolute Gasteiger partial charge is 0.229 e. The predicted octanol–water partition coefficient (Wildman–Crippen LogP) is -0.308. The van der Waals surface area contributed by atoms with Gasteiger partial charge in [-0.3, -0.25) is 14.7 Å². The number of allylic oxidation sites excluding steroid dienone is 4. The van der Waals surface area contributed by atoms with E-state index >= 15 is 0 Å². The Morgan fingerprint density at radius 2 is 2.06 bits per heavy atom. The summed E-state index contributed by atoms with van der Waals surface area (Å²) in [6.07, 6.45) is 6.03. The quantitative estimate of drug-likeness (QED) is 0.404. The van der Waals surface area contributed by atoms with Gasteiger partial charge in [0.1, 0.15) is 0 Å². The van der Waals surface area contributed by atoms with Crippen LogP contribution >= 0.6 is 0 Å². The van der Waals surface area contributed by atoms with Gasteiger partial charge in [-0.25, -0.2) is 0 Å². The van der Waals surface area contributed by atoms with E-state index in [-0.39, 0.29) is 30.0 Å². The first-order chi connectivity index (χ1) is 15.4. The highest BCUT2D eigenvalue weighted by molar-refractivity contribution is 5.82. The molecule has 0 spiro atoms. The van der Waals surface area contributed by atoms with E-state index in [0.717, 1.165) is 43.9 Å². The molecule has 0 radical (unpaired) electrons. The van der Waals surface area contributed by atoms with Crippen LogP contribution in [0.25, 0.3) is 0 Å². The Balaban J connectivity index is 1.81. The molecule has 6 unspecified atom stereocenters. The van der Waals surface area contributed by atoms with Crippen molar-refractivity contribution in [3.63, 3.8) is 0 Å². The normalized spacial score (nSPS) is 37.7. The first kappa shape index (κ1) is 24.4. The van der Waals surface area contributed by atoms with Crippen molar-refractivity contribution in [2.45, 2.75) is 51.5 Å². The zero-order valence-electron chi connectivity index (χ0n) is 19.5. The molecule has 176 valence electrons. The van der Waals surface area contributed by atoms with Crippen LogP contribution in [0.2, 0.25) is 0 Å². The number of hydrogen-bond acceptors (Lipinski definition) is 8. The summed E-state index contributed by atoms with van der Waals surface area (Å²) in [5.74, 6) is -0.850. The largest absolute Gasteiger partial charge is 0.373 e. The van der Waals surface area contributed by atoms with E-state index in [1.807, 2.05) is 32.2 Å². The second-order valence-corrected chi connectivity index (χ2v) is 8.96. The standard InChI is InChI=1S/C23H38N8O/c1-4-18-6-5-15(2)12-28-16(3)20(22(25)29-18)23(32)30-19-14-27-13-17(11-24)21(19)31-9-7-26-8-10-31/h5-6,12,16-17,19-22,26-27,29H,4,7-10,13-14,25H2,1-3H3,(H,30,32)/b15-5-,18-6-,28-12?. The first-order valence-corrected chi connectivity index (χ1v) is 11.7. The summed E-state index contributed by atoms with van der Waals surface area (Å²) in [7, 11) is 0. The second-order valence-electron chi connectivity index (χ2n) is 8.96. The molecule has 0 saturated carbocycles. The lowest BCUT2D eigenvalue weighted by atomic mass is 9.87. The van der Waals surface area contributed by atoms with Crippen molar-refractivity contribution in [2.24, 2.45) is 22.6 Å². The summed E-state index contributed by atoms with van der Waals surface area (Å²) in [6, 6.07) is 1.97. The van der Waals surface area contributed by atoms with Gasteiger partial charge in [-0.1, -0.05) is 13.0 Å². The fourth-order valence-corrected chi connectivity index (χ4v) is 4.80. The molecule has 0 aromatic rings. The predicted molar refractivity (Wildman–Crippen MR) is 127 cm³/mol. The number of piperazine rings is 1. The minimum absolute atomic E-state index is 0.0221. The molecule has 0 aliphatic carbocycles. The number of nitrogens with zero attached hydrogens (tertiary/aromatic N) is 3. The van der Waals surface area contributed by atoms with Crippen LogP contribution in [0.15, 0.2) is 28.4 Å². The molecule has 9 heteroatoms. The third kappa shape index (κ3) is 5.95. The van der Waals surface area contributed by atoms with Gasteiger partial charge in [0.05, 0.1) is 36.2 Å². The maximum atomic E-state index is 13.6. The van der Waals surface area contributed by atoms with Gasteiger partial charge in [0.15, 0.2) is 0 Å². The molecule has 3 rings (SSSR count). The van der Waals surface area contributed by atoms with E-state index in [4.69, 9.17) is 5.73 Å². The molecule has 3 aliphatic heterocycles. The van der Waals surface area contributed by atoms with Crippen molar-refractivity contribution < 1.29 is 4.79 Å². The van der Waals surface area contributed by atoms with Crippen molar-refractivity contribution in [1.82, 2.24) is 26.2 Å². The lowest BCUT2D eigenvalue weighted by Gasteiger charge is -2.45. The maximum Gasteiger partial charge on any atom is 0.229 e. The number of nitrogens with two attached hydrogens (primary N) is 1. The highest BCUT2D eigenvalue weighted by Crippen LogP contribution is 2.21. The van der Waals surface area contributed by atoms with Crippen LogP contribution < -0.4 is 27.0 Å². The number of amides is 1. The van der Waals surface area contributed by atoms with Crippen molar-refractivity contribution in [3.05, 3.63) is 23.4 Å². The molecule has 1 amide bonds. The monoisotopic (exact) mass is 442 g/mol. The third-order valence-electron chi connectivity index (χ3n) is 6.62. The SMILES string of the molecule is CC/C1=C/C=C(/C)C=NC(C)C(C(=O)NC2CNCC(C#N)C2N2CCNCC2)C(N)N1. The number of rotatable bonds is 4. The highest BCUT2D eigenvalue weighted by atomic mass is 16.2. The highest BCUT2D eigenvalue weighted by Gasteiger charge is 2.41. The molecule has 9 nitrogen and oxygen atoms in total. The lowest BCUT2D eigenvalue weighted by Crippen LogP contribution is -2.67. The van der Waals surface area contributed by atoms with Crippen molar-refractivity contribution in [2.75, 3.05) is 39.3 Å². The van der Waals surface area contributed by atoms with Crippen molar-refractivity contribution in [3.8, 4) is 6.07 Å². The van der Waals surface area contributed by atoms with E-state index in [1.54, 1.807) is 0 Å². The Morgan fingerprint density at radius 1 is 1.31 bits per heavy atom. The number of nitriles is 1.